The molecule has 2 rings (SSSR count). The first-order chi connectivity index (χ1) is 9.74. The van der Waals surface area contributed by atoms with Gasteiger partial charge in [-0.3, -0.25) is 4.68 Å². The fraction of sp³-hybridized carbons (Fsp3) is 0.400. The highest BCUT2D eigenvalue weighted by molar-refractivity contribution is 5.64. The van der Waals surface area contributed by atoms with E-state index < -0.39 is 0 Å². The number of hydrogen-bond donors (Lipinski definition) is 1. The summed E-state index contributed by atoms with van der Waals surface area (Å²) in [5, 5.41) is 7.89. The quantitative estimate of drug-likeness (QED) is 0.783. The van der Waals surface area contributed by atoms with Gasteiger partial charge in [0.15, 0.2) is 0 Å². The molecular formula is C15H21N3O2. The van der Waals surface area contributed by atoms with Crippen molar-refractivity contribution in [1.82, 2.24) is 15.1 Å². The fourth-order valence-electron chi connectivity index (χ4n) is 2.08. The summed E-state index contributed by atoms with van der Waals surface area (Å²) in [6, 6.07) is 7.96. The molecule has 2 aromatic rings. The Balaban J connectivity index is 2.17. The van der Waals surface area contributed by atoms with Crippen LogP contribution in [0, 0.1) is 0 Å². The Bertz CT molecular complexity index is 552. The van der Waals surface area contributed by atoms with Crippen LogP contribution in [0.2, 0.25) is 0 Å². The number of nitrogens with zero attached hydrogens (tertiary/aromatic N) is 2. The predicted octanol–water partition coefficient (Wildman–Crippen LogP) is 1.83. The standard InChI is InChI=1S/C15H21N3O2/c1-18-11-13(10-16-7-8-19-2)15(17-18)12-5-4-6-14(9-12)20-3/h4-6,9,11,16H,7-8,10H2,1-3H3. The number of rotatable bonds is 7. The second-order valence-electron chi connectivity index (χ2n) is 4.58. The zero-order chi connectivity index (χ0) is 14.4. The zero-order valence-electron chi connectivity index (χ0n) is 12.2. The Morgan fingerprint density at radius 1 is 1.30 bits per heavy atom. The first kappa shape index (κ1) is 14.6. The Hall–Kier alpha value is -1.85. The highest BCUT2D eigenvalue weighted by Crippen LogP contribution is 2.25. The molecule has 1 aromatic carbocycles. The molecule has 0 atom stereocenters. The summed E-state index contributed by atoms with van der Waals surface area (Å²) in [4.78, 5) is 0. The van der Waals surface area contributed by atoms with E-state index in [4.69, 9.17) is 9.47 Å². The van der Waals surface area contributed by atoms with Crippen LogP contribution in [0.15, 0.2) is 30.5 Å². The maximum Gasteiger partial charge on any atom is 0.119 e. The van der Waals surface area contributed by atoms with Crippen LogP contribution in [0.25, 0.3) is 11.3 Å². The van der Waals surface area contributed by atoms with Gasteiger partial charge in [-0.25, -0.2) is 0 Å². The lowest BCUT2D eigenvalue weighted by molar-refractivity contribution is 0.199. The minimum Gasteiger partial charge on any atom is -0.497 e. The number of ether oxygens (including phenoxy) is 2. The lowest BCUT2D eigenvalue weighted by atomic mass is 10.1. The zero-order valence-corrected chi connectivity index (χ0v) is 12.2. The van der Waals surface area contributed by atoms with Crippen molar-refractivity contribution in [3.05, 3.63) is 36.0 Å². The molecular weight excluding hydrogens is 254 g/mol. The topological polar surface area (TPSA) is 48.3 Å². The van der Waals surface area contributed by atoms with Crippen LogP contribution < -0.4 is 10.1 Å². The lowest BCUT2D eigenvalue weighted by Gasteiger charge is -2.06. The molecule has 0 bridgehead atoms. The second kappa shape index (κ2) is 7.07. The third kappa shape index (κ3) is 3.59. The van der Waals surface area contributed by atoms with E-state index in [1.165, 1.54) is 0 Å². The average Bonchev–Trinajstić information content (AvgIpc) is 2.85. The summed E-state index contributed by atoms with van der Waals surface area (Å²) >= 11 is 0. The number of hydrogen-bond acceptors (Lipinski definition) is 4. The SMILES string of the molecule is COCCNCc1cn(C)nc1-c1cccc(OC)c1. The highest BCUT2D eigenvalue weighted by atomic mass is 16.5. The van der Waals surface area contributed by atoms with Crippen molar-refractivity contribution in [3.63, 3.8) is 0 Å². The molecule has 0 amide bonds. The van der Waals surface area contributed by atoms with Gasteiger partial charge in [-0.15, -0.1) is 0 Å². The summed E-state index contributed by atoms with van der Waals surface area (Å²) in [5.74, 6) is 0.839. The Labute approximate surface area is 119 Å². The van der Waals surface area contributed by atoms with E-state index in [-0.39, 0.29) is 0 Å². The molecule has 0 spiro atoms. The van der Waals surface area contributed by atoms with Crippen molar-refractivity contribution in [2.75, 3.05) is 27.4 Å². The maximum absolute atomic E-state index is 5.27. The molecule has 108 valence electrons. The first-order valence-corrected chi connectivity index (χ1v) is 6.61. The van der Waals surface area contributed by atoms with Gasteiger partial charge in [0.1, 0.15) is 5.75 Å². The third-order valence-corrected chi connectivity index (χ3v) is 3.05. The van der Waals surface area contributed by atoms with E-state index in [0.29, 0.717) is 6.61 Å². The lowest BCUT2D eigenvalue weighted by Crippen LogP contribution is -2.18. The van der Waals surface area contributed by atoms with Gasteiger partial charge in [0, 0.05) is 44.6 Å². The van der Waals surface area contributed by atoms with E-state index >= 15 is 0 Å². The van der Waals surface area contributed by atoms with Crippen molar-refractivity contribution < 1.29 is 9.47 Å². The largest absolute Gasteiger partial charge is 0.497 e. The van der Waals surface area contributed by atoms with Gasteiger partial charge in [0.2, 0.25) is 0 Å². The van der Waals surface area contributed by atoms with Crippen LogP contribution >= 0.6 is 0 Å². The number of nitrogens with one attached hydrogen (secondary N) is 1. The maximum atomic E-state index is 5.27. The minimum absolute atomic E-state index is 0.703. The Morgan fingerprint density at radius 3 is 2.90 bits per heavy atom. The van der Waals surface area contributed by atoms with Gasteiger partial charge in [0.25, 0.3) is 0 Å². The molecule has 0 unspecified atom stereocenters. The number of aromatic nitrogens is 2. The molecule has 5 heteroatoms. The van der Waals surface area contributed by atoms with E-state index in [0.717, 1.165) is 35.7 Å². The monoisotopic (exact) mass is 275 g/mol. The van der Waals surface area contributed by atoms with Gasteiger partial charge in [-0.05, 0) is 12.1 Å². The molecule has 0 radical (unpaired) electrons. The molecule has 0 fully saturated rings. The molecule has 0 aliphatic heterocycles. The van der Waals surface area contributed by atoms with Crippen LogP contribution in [-0.2, 0) is 18.3 Å². The Morgan fingerprint density at radius 2 is 2.15 bits per heavy atom. The smallest absolute Gasteiger partial charge is 0.119 e. The summed E-state index contributed by atoms with van der Waals surface area (Å²) in [6.45, 7) is 2.29. The van der Waals surface area contributed by atoms with Crippen molar-refractivity contribution in [1.29, 1.82) is 0 Å². The molecule has 5 nitrogen and oxygen atoms in total. The summed E-state index contributed by atoms with van der Waals surface area (Å²) in [5.41, 5.74) is 3.21. The van der Waals surface area contributed by atoms with Gasteiger partial charge >= 0.3 is 0 Å². The van der Waals surface area contributed by atoms with Gasteiger partial charge in [0.05, 0.1) is 19.4 Å². The molecule has 0 aliphatic rings. The summed E-state index contributed by atoms with van der Waals surface area (Å²) < 4.78 is 12.1. The summed E-state index contributed by atoms with van der Waals surface area (Å²) in [7, 11) is 5.31. The van der Waals surface area contributed by atoms with Crippen LogP contribution in [0.5, 0.6) is 5.75 Å². The molecule has 0 saturated carbocycles. The van der Waals surface area contributed by atoms with Gasteiger partial charge in [-0.2, -0.15) is 5.10 Å². The molecule has 0 saturated heterocycles. The minimum atomic E-state index is 0.703. The number of aryl methyl sites for hydroxylation is 1. The molecule has 0 aliphatic carbocycles. The molecule has 20 heavy (non-hydrogen) atoms. The normalized spacial score (nSPS) is 10.8. The first-order valence-electron chi connectivity index (χ1n) is 6.61. The fourth-order valence-corrected chi connectivity index (χ4v) is 2.08. The van der Waals surface area contributed by atoms with Gasteiger partial charge < -0.3 is 14.8 Å². The van der Waals surface area contributed by atoms with Crippen LogP contribution in [0.1, 0.15) is 5.56 Å². The van der Waals surface area contributed by atoms with Crippen LogP contribution in [0.4, 0.5) is 0 Å². The highest BCUT2D eigenvalue weighted by Gasteiger charge is 2.10. The number of benzene rings is 1. The summed E-state index contributed by atoms with van der Waals surface area (Å²) in [6.07, 6.45) is 2.04. The van der Waals surface area contributed by atoms with Crippen LogP contribution in [-0.4, -0.2) is 37.2 Å². The Kier molecular flexibility index (Phi) is 5.15. The number of methoxy groups -OCH3 is 2. The average molecular weight is 275 g/mol. The van der Waals surface area contributed by atoms with Crippen molar-refractivity contribution in [2.24, 2.45) is 7.05 Å². The predicted molar refractivity (Wildman–Crippen MR) is 78.8 cm³/mol. The van der Waals surface area contributed by atoms with Crippen molar-refractivity contribution in [2.45, 2.75) is 6.54 Å². The van der Waals surface area contributed by atoms with E-state index in [2.05, 4.69) is 10.4 Å². The third-order valence-electron chi connectivity index (χ3n) is 3.05. The molecule has 1 N–H and O–H groups in total. The van der Waals surface area contributed by atoms with E-state index in [1.54, 1.807) is 14.2 Å². The molecule has 1 heterocycles. The molecule has 1 aromatic heterocycles. The van der Waals surface area contributed by atoms with Crippen molar-refractivity contribution in [3.8, 4) is 17.0 Å². The van der Waals surface area contributed by atoms with E-state index in [1.807, 2.05) is 42.2 Å². The van der Waals surface area contributed by atoms with Crippen LogP contribution in [0.3, 0.4) is 0 Å². The van der Waals surface area contributed by atoms with E-state index in [9.17, 15) is 0 Å². The van der Waals surface area contributed by atoms with Gasteiger partial charge in [-0.1, -0.05) is 12.1 Å². The van der Waals surface area contributed by atoms with Crippen molar-refractivity contribution >= 4 is 0 Å². The second-order valence-corrected chi connectivity index (χ2v) is 4.58.